The van der Waals surface area contributed by atoms with Crippen molar-refractivity contribution in [3.8, 4) is 0 Å². The third kappa shape index (κ3) is 3.33. The van der Waals surface area contributed by atoms with E-state index in [0.717, 1.165) is 24.2 Å². The quantitative estimate of drug-likeness (QED) is 0.918. The van der Waals surface area contributed by atoms with Gasteiger partial charge in [0.05, 0.1) is 12.2 Å². The molecule has 128 valence electrons. The average Bonchev–Trinajstić information content (AvgIpc) is 2.62. The minimum Gasteiger partial charge on any atom is -0.313 e. The molecule has 0 saturated carbocycles. The standard InChI is InChI=1S/C17H20FN3O2S/c1-2-13-3-5-14(6-4-13)17-12-19-7-8-21(17)24(22,23)16-9-15(18)10-20-11-16/h3-6,9-11,17,19H,2,7-8,12H2,1H3. The van der Waals surface area contributed by atoms with Crippen LogP contribution in [0.1, 0.15) is 24.1 Å². The first-order valence-corrected chi connectivity index (χ1v) is 9.38. The summed E-state index contributed by atoms with van der Waals surface area (Å²) in [6.45, 7) is 3.49. The molecule has 3 rings (SSSR count). The van der Waals surface area contributed by atoms with Crippen LogP contribution in [-0.4, -0.2) is 37.3 Å². The van der Waals surface area contributed by atoms with Crippen LogP contribution in [0.2, 0.25) is 0 Å². The van der Waals surface area contributed by atoms with Gasteiger partial charge in [-0.3, -0.25) is 4.98 Å². The molecular formula is C17H20FN3O2S. The second-order valence-corrected chi connectivity index (χ2v) is 7.66. The van der Waals surface area contributed by atoms with Crippen LogP contribution >= 0.6 is 0 Å². The summed E-state index contributed by atoms with van der Waals surface area (Å²) in [4.78, 5) is 3.56. The molecule has 1 atom stereocenters. The summed E-state index contributed by atoms with van der Waals surface area (Å²) < 4.78 is 40.7. The third-order valence-corrected chi connectivity index (χ3v) is 6.13. The Labute approximate surface area is 141 Å². The van der Waals surface area contributed by atoms with Gasteiger partial charge in [-0.1, -0.05) is 31.2 Å². The number of aromatic nitrogens is 1. The predicted molar refractivity (Wildman–Crippen MR) is 89.5 cm³/mol. The van der Waals surface area contributed by atoms with Crippen molar-refractivity contribution >= 4 is 10.0 Å². The lowest BCUT2D eigenvalue weighted by atomic mass is 10.0. The maximum absolute atomic E-state index is 13.4. The van der Waals surface area contributed by atoms with E-state index in [0.29, 0.717) is 19.6 Å². The highest BCUT2D eigenvalue weighted by molar-refractivity contribution is 7.89. The van der Waals surface area contributed by atoms with E-state index < -0.39 is 15.8 Å². The zero-order valence-electron chi connectivity index (χ0n) is 13.4. The molecule has 0 spiro atoms. The number of aryl methyl sites for hydroxylation is 1. The minimum absolute atomic E-state index is 0.112. The monoisotopic (exact) mass is 349 g/mol. The lowest BCUT2D eigenvalue weighted by Gasteiger charge is -2.35. The van der Waals surface area contributed by atoms with Gasteiger partial charge in [-0.2, -0.15) is 4.31 Å². The van der Waals surface area contributed by atoms with Crippen molar-refractivity contribution in [2.24, 2.45) is 0 Å². The van der Waals surface area contributed by atoms with E-state index in [9.17, 15) is 12.8 Å². The van der Waals surface area contributed by atoms with Gasteiger partial charge < -0.3 is 5.32 Å². The fourth-order valence-electron chi connectivity index (χ4n) is 2.90. The van der Waals surface area contributed by atoms with E-state index in [2.05, 4.69) is 17.2 Å². The highest BCUT2D eigenvalue weighted by atomic mass is 32.2. The van der Waals surface area contributed by atoms with Crippen molar-refractivity contribution in [3.05, 3.63) is 59.7 Å². The van der Waals surface area contributed by atoms with Crippen LogP contribution in [0.3, 0.4) is 0 Å². The van der Waals surface area contributed by atoms with Crippen LogP contribution in [0.5, 0.6) is 0 Å². The van der Waals surface area contributed by atoms with Gasteiger partial charge in [0, 0.05) is 25.8 Å². The summed E-state index contributed by atoms with van der Waals surface area (Å²) in [6, 6.07) is 8.64. The molecule has 0 aliphatic carbocycles. The second kappa shape index (κ2) is 6.96. The fraction of sp³-hybridized carbons (Fsp3) is 0.353. The lowest BCUT2D eigenvalue weighted by Crippen LogP contribution is -2.48. The number of pyridine rings is 1. The van der Waals surface area contributed by atoms with Crippen molar-refractivity contribution in [3.63, 3.8) is 0 Å². The van der Waals surface area contributed by atoms with Crippen molar-refractivity contribution < 1.29 is 12.8 Å². The number of nitrogens with one attached hydrogen (secondary N) is 1. The van der Waals surface area contributed by atoms with Crippen LogP contribution in [-0.2, 0) is 16.4 Å². The molecule has 1 unspecified atom stereocenters. The Balaban J connectivity index is 1.96. The molecule has 7 heteroatoms. The van der Waals surface area contributed by atoms with Gasteiger partial charge in [-0.25, -0.2) is 12.8 Å². The maximum atomic E-state index is 13.4. The van der Waals surface area contributed by atoms with Crippen LogP contribution in [0.25, 0.3) is 0 Å². The van der Waals surface area contributed by atoms with Crippen LogP contribution in [0, 0.1) is 5.82 Å². The number of hydrogen-bond donors (Lipinski definition) is 1. The van der Waals surface area contributed by atoms with Gasteiger partial charge in [-0.15, -0.1) is 0 Å². The second-order valence-electron chi connectivity index (χ2n) is 5.77. The number of benzene rings is 1. The molecule has 2 aromatic rings. The molecule has 24 heavy (non-hydrogen) atoms. The van der Waals surface area contributed by atoms with E-state index in [-0.39, 0.29) is 10.9 Å². The topological polar surface area (TPSA) is 62.3 Å². The Kier molecular flexibility index (Phi) is 4.93. The average molecular weight is 349 g/mol. The zero-order chi connectivity index (χ0) is 17.2. The molecule has 1 saturated heterocycles. The Hall–Kier alpha value is -1.83. The molecule has 1 aromatic carbocycles. The number of rotatable bonds is 4. The molecule has 1 fully saturated rings. The van der Waals surface area contributed by atoms with Crippen molar-refractivity contribution in [2.45, 2.75) is 24.3 Å². The van der Waals surface area contributed by atoms with Crippen LogP contribution in [0.15, 0.2) is 47.6 Å². The molecule has 1 N–H and O–H groups in total. The largest absolute Gasteiger partial charge is 0.313 e. The van der Waals surface area contributed by atoms with Gasteiger partial charge >= 0.3 is 0 Å². The molecule has 1 aliphatic rings. The SMILES string of the molecule is CCc1ccc(C2CNCCN2S(=O)(=O)c2cncc(F)c2)cc1. The van der Waals surface area contributed by atoms with Crippen molar-refractivity contribution in [2.75, 3.05) is 19.6 Å². The summed E-state index contributed by atoms with van der Waals surface area (Å²) >= 11 is 0. The Morgan fingerprint density at radius 3 is 2.71 bits per heavy atom. The molecule has 0 bridgehead atoms. The first-order valence-electron chi connectivity index (χ1n) is 7.94. The Bertz CT molecular complexity index is 809. The van der Waals surface area contributed by atoms with E-state index in [4.69, 9.17) is 0 Å². The highest BCUT2D eigenvalue weighted by Gasteiger charge is 2.34. The van der Waals surface area contributed by atoms with E-state index in [1.165, 1.54) is 16.1 Å². The van der Waals surface area contributed by atoms with Gasteiger partial charge in [-0.05, 0) is 23.6 Å². The zero-order valence-corrected chi connectivity index (χ0v) is 14.3. The molecule has 2 heterocycles. The highest BCUT2D eigenvalue weighted by Crippen LogP contribution is 2.29. The van der Waals surface area contributed by atoms with E-state index in [1.54, 1.807) is 0 Å². The number of nitrogens with zero attached hydrogens (tertiary/aromatic N) is 2. The van der Waals surface area contributed by atoms with Gasteiger partial charge in [0.1, 0.15) is 10.7 Å². The van der Waals surface area contributed by atoms with Crippen molar-refractivity contribution in [1.29, 1.82) is 0 Å². The molecule has 0 radical (unpaired) electrons. The van der Waals surface area contributed by atoms with Crippen molar-refractivity contribution in [1.82, 2.24) is 14.6 Å². The lowest BCUT2D eigenvalue weighted by molar-refractivity contribution is 0.271. The number of sulfonamides is 1. The smallest absolute Gasteiger partial charge is 0.245 e. The van der Waals surface area contributed by atoms with Gasteiger partial charge in [0.15, 0.2) is 0 Å². The summed E-state index contributed by atoms with van der Waals surface area (Å²) in [7, 11) is -3.81. The summed E-state index contributed by atoms with van der Waals surface area (Å²) in [5.74, 6) is -0.657. The number of halogens is 1. The summed E-state index contributed by atoms with van der Waals surface area (Å²) in [5, 5.41) is 3.23. The molecule has 0 amide bonds. The van der Waals surface area contributed by atoms with Gasteiger partial charge in [0.2, 0.25) is 10.0 Å². The number of hydrogen-bond acceptors (Lipinski definition) is 4. The summed E-state index contributed by atoms with van der Waals surface area (Å²) in [6.07, 6.45) is 3.12. The normalized spacial score (nSPS) is 19.3. The Morgan fingerprint density at radius 1 is 1.29 bits per heavy atom. The number of piperazine rings is 1. The van der Waals surface area contributed by atoms with Crippen LogP contribution < -0.4 is 5.32 Å². The Morgan fingerprint density at radius 2 is 2.04 bits per heavy atom. The molecular weight excluding hydrogens is 329 g/mol. The minimum atomic E-state index is -3.81. The maximum Gasteiger partial charge on any atom is 0.245 e. The molecule has 1 aliphatic heterocycles. The third-order valence-electron chi connectivity index (χ3n) is 4.25. The fourth-order valence-corrected chi connectivity index (χ4v) is 4.49. The predicted octanol–water partition coefficient (Wildman–Crippen LogP) is 2.12. The molecule has 5 nitrogen and oxygen atoms in total. The summed E-state index contributed by atoms with van der Waals surface area (Å²) in [5.41, 5.74) is 2.12. The first kappa shape index (κ1) is 17.0. The van der Waals surface area contributed by atoms with Gasteiger partial charge in [0.25, 0.3) is 0 Å². The molecule has 1 aromatic heterocycles. The van der Waals surface area contributed by atoms with Crippen LogP contribution in [0.4, 0.5) is 4.39 Å². The van der Waals surface area contributed by atoms with E-state index >= 15 is 0 Å². The van der Waals surface area contributed by atoms with E-state index in [1.807, 2.05) is 24.3 Å². The first-order chi connectivity index (χ1) is 11.5.